The number of aromatic carboxylic acids is 1. The number of hydrogen-bond acceptors (Lipinski definition) is 4. The predicted octanol–water partition coefficient (Wildman–Crippen LogP) is 2.16. The van der Waals surface area contributed by atoms with Gasteiger partial charge in [-0.3, -0.25) is 4.79 Å². The summed E-state index contributed by atoms with van der Waals surface area (Å²) in [5, 5.41) is 9.36. The average molecular weight is 340 g/mol. The van der Waals surface area contributed by atoms with Gasteiger partial charge in [0, 0.05) is 5.02 Å². The fourth-order valence-corrected chi connectivity index (χ4v) is 2.81. The SMILES string of the molecule is O=C(O)c1ccccc1C(=O)NS(=O)(=O)c1ccc(Cl)cc1. The maximum absolute atomic E-state index is 12.1. The zero-order valence-electron chi connectivity index (χ0n) is 11.0. The smallest absolute Gasteiger partial charge is 0.336 e. The topological polar surface area (TPSA) is 101 Å². The Morgan fingerprint density at radius 2 is 1.50 bits per heavy atom. The zero-order valence-corrected chi connectivity index (χ0v) is 12.6. The van der Waals surface area contributed by atoms with Crippen LogP contribution in [0.5, 0.6) is 0 Å². The molecule has 0 aliphatic rings. The first-order valence-electron chi connectivity index (χ1n) is 5.96. The lowest BCUT2D eigenvalue weighted by Crippen LogP contribution is -2.31. The first kappa shape index (κ1) is 16.0. The largest absolute Gasteiger partial charge is 0.478 e. The van der Waals surface area contributed by atoms with Crippen LogP contribution in [0, 0.1) is 0 Å². The average Bonchev–Trinajstić information content (AvgIpc) is 2.47. The Hall–Kier alpha value is -2.38. The highest BCUT2D eigenvalue weighted by molar-refractivity contribution is 7.90. The van der Waals surface area contributed by atoms with Gasteiger partial charge in [0.15, 0.2) is 0 Å². The number of amides is 1. The standard InChI is InChI=1S/C14H10ClNO5S/c15-9-5-7-10(8-6-9)22(20,21)16-13(17)11-3-1-2-4-12(11)14(18)19/h1-8H,(H,16,17)(H,18,19). The van der Waals surface area contributed by atoms with E-state index in [1.54, 1.807) is 0 Å². The Morgan fingerprint density at radius 1 is 0.955 bits per heavy atom. The van der Waals surface area contributed by atoms with Gasteiger partial charge in [-0.2, -0.15) is 0 Å². The van der Waals surface area contributed by atoms with Crippen molar-refractivity contribution in [3.8, 4) is 0 Å². The molecule has 2 N–H and O–H groups in total. The van der Waals surface area contributed by atoms with Crippen LogP contribution < -0.4 is 4.72 Å². The summed E-state index contributed by atoms with van der Waals surface area (Å²) in [7, 11) is -4.12. The second kappa shape index (κ2) is 6.17. The number of carbonyl (C=O) groups excluding carboxylic acids is 1. The van der Waals surface area contributed by atoms with Gasteiger partial charge in [-0.05, 0) is 36.4 Å². The number of nitrogens with one attached hydrogen (secondary N) is 1. The van der Waals surface area contributed by atoms with E-state index in [1.165, 1.54) is 48.5 Å². The third-order valence-electron chi connectivity index (χ3n) is 2.75. The van der Waals surface area contributed by atoms with E-state index in [1.807, 2.05) is 4.72 Å². The molecule has 0 atom stereocenters. The normalized spacial score (nSPS) is 11.0. The van der Waals surface area contributed by atoms with E-state index in [4.69, 9.17) is 16.7 Å². The number of carboxylic acids is 1. The van der Waals surface area contributed by atoms with Crippen molar-refractivity contribution < 1.29 is 23.1 Å². The molecule has 1 amide bonds. The Kier molecular flexibility index (Phi) is 4.48. The van der Waals surface area contributed by atoms with E-state index < -0.39 is 21.9 Å². The minimum atomic E-state index is -4.12. The maximum atomic E-state index is 12.1. The summed E-state index contributed by atoms with van der Waals surface area (Å²) in [5.41, 5.74) is -0.529. The van der Waals surface area contributed by atoms with Gasteiger partial charge in [-0.1, -0.05) is 23.7 Å². The number of rotatable bonds is 4. The molecule has 22 heavy (non-hydrogen) atoms. The maximum Gasteiger partial charge on any atom is 0.336 e. The quantitative estimate of drug-likeness (QED) is 0.889. The number of carbonyl (C=O) groups is 2. The van der Waals surface area contributed by atoms with Crippen molar-refractivity contribution in [3.05, 3.63) is 64.7 Å². The number of carboxylic acid groups (broad SMARTS) is 1. The van der Waals surface area contributed by atoms with Crippen LogP contribution in [0.1, 0.15) is 20.7 Å². The summed E-state index contributed by atoms with van der Waals surface area (Å²) in [6.45, 7) is 0. The molecular formula is C14H10ClNO5S. The molecule has 0 saturated carbocycles. The summed E-state index contributed by atoms with van der Waals surface area (Å²) >= 11 is 5.67. The second-order valence-electron chi connectivity index (χ2n) is 4.24. The third-order valence-corrected chi connectivity index (χ3v) is 4.35. The van der Waals surface area contributed by atoms with Crippen LogP contribution in [0.15, 0.2) is 53.4 Å². The molecule has 0 aliphatic heterocycles. The van der Waals surface area contributed by atoms with Crippen molar-refractivity contribution >= 4 is 33.5 Å². The Morgan fingerprint density at radius 3 is 2.05 bits per heavy atom. The number of hydrogen-bond donors (Lipinski definition) is 2. The molecule has 0 spiro atoms. The third kappa shape index (κ3) is 3.44. The van der Waals surface area contributed by atoms with E-state index >= 15 is 0 Å². The summed E-state index contributed by atoms with van der Waals surface area (Å²) in [6, 6.07) is 10.5. The number of benzene rings is 2. The fourth-order valence-electron chi connectivity index (χ4n) is 1.72. The molecule has 8 heteroatoms. The summed E-state index contributed by atoms with van der Waals surface area (Å²) in [4.78, 5) is 22.9. The molecule has 0 radical (unpaired) electrons. The molecule has 0 bridgehead atoms. The monoisotopic (exact) mass is 339 g/mol. The van der Waals surface area contributed by atoms with E-state index in [2.05, 4.69) is 0 Å². The molecule has 0 aliphatic carbocycles. The molecule has 0 aromatic heterocycles. The Balaban J connectivity index is 2.32. The highest BCUT2D eigenvalue weighted by Crippen LogP contribution is 2.15. The van der Waals surface area contributed by atoms with Crippen LogP contribution >= 0.6 is 11.6 Å². The fraction of sp³-hybridized carbons (Fsp3) is 0. The van der Waals surface area contributed by atoms with Gasteiger partial charge in [-0.15, -0.1) is 0 Å². The Labute approximate surface area is 131 Å². The Bertz CT molecular complexity index is 831. The first-order valence-corrected chi connectivity index (χ1v) is 7.82. The van der Waals surface area contributed by atoms with Gasteiger partial charge in [0.25, 0.3) is 15.9 Å². The molecule has 0 saturated heterocycles. The number of sulfonamides is 1. The van der Waals surface area contributed by atoms with Crippen LogP contribution in [0.2, 0.25) is 5.02 Å². The zero-order chi connectivity index (χ0) is 16.3. The highest BCUT2D eigenvalue weighted by Gasteiger charge is 2.22. The summed E-state index contributed by atoms with van der Waals surface area (Å²) in [6.07, 6.45) is 0. The molecule has 0 heterocycles. The van der Waals surface area contributed by atoms with Crippen LogP contribution in [0.3, 0.4) is 0 Å². The van der Waals surface area contributed by atoms with Gasteiger partial charge >= 0.3 is 5.97 Å². The lowest BCUT2D eigenvalue weighted by Gasteiger charge is -2.08. The van der Waals surface area contributed by atoms with Crippen LogP contribution in [-0.2, 0) is 10.0 Å². The van der Waals surface area contributed by atoms with Crippen molar-refractivity contribution in [3.63, 3.8) is 0 Å². The van der Waals surface area contributed by atoms with Gasteiger partial charge in [-0.25, -0.2) is 17.9 Å². The predicted molar refractivity (Wildman–Crippen MR) is 79.5 cm³/mol. The molecule has 0 unspecified atom stereocenters. The van der Waals surface area contributed by atoms with Crippen LogP contribution in [0.4, 0.5) is 0 Å². The molecule has 2 rings (SSSR count). The molecule has 2 aromatic carbocycles. The van der Waals surface area contributed by atoms with Crippen molar-refractivity contribution in [1.29, 1.82) is 0 Å². The molecule has 0 fully saturated rings. The lowest BCUT2D eigenvalue weighted by atomic mass is 10.1. The minimum absolute atomic E-state index is 0.155. The van der Waals surface area contributed by atoms with E-state index in [0.29, 0.717) is 5.02 Å². The lowest BCUT2D eigenvalue weighted by molar-refractivity contribution is 0.0691. The molecule has 114 valence electrons. The summed E-state index contributed by atoms with van der Waals surface area (Å²) < 4.78 is 26.0. The van der Waals surface area contributed by atoms with Crippen LogP contribution in [-0.4, -0.2) is 25.4 Å². The van der Waals surface area contributed by atoms with Gasteiger partial charge < -0.3 is 5.11 Å². The molecule has 2 aromatic rings. The van der Waals surface area contributed by atoms with Crippen molar-refractivity contribution in [1.82, 2.24) is 4.72 Å². The number of halogens is 1. The highest BCUT2D eigenvalue weighted by atomic mass is 35.5. The van der Waals surface area contributed by atoms with Gasteiger partial charge in [0.1, 0.15) is 0 Å². The van der Waals surface area contributed by atoms with Crippen molar-refractivity contribution in [2.75, 3.05) is 0 Å². The minimum Gasteiger partial charge on any atom is -0.478 e. The van der Waals surface area contributed by atoms with E-state index in [0.717, 1.165) is 0 Å². The molecule has 6 nitrogen and oxygen atoms in total. The second-order valence-corrected chi connectivity index (χ2v) is 6.36. The van der Waals surface area contributed by atoms with E-state index in [-0.39, 0.29) is 16.0 Å². The molecular weight excluding hydrogens is 330 g/mol. The van der Waals surface area contributed by atoms with Crippen LogP contribution in [0.25, 0.3) is 0 Å². The van der Waals surface area contributed by atoms with Gasteiger partial charge in [0.2, 0.25) is 0 Å². The summed E-state index contributed by atoms with van der Waals surface area (Å²) in [5.74, 6) is -2.34. The van der Waals surface area contributed by atoms with Crippen molar-refractivity contribution in [2.45, 2.75) is 4.90 Å². The van der Waals surface area contributed by atoms with Crippen molar-refractivity contribution in [2.24, 2.45) is 0 Å². The first-order chi connectivity index (χ1) is 10.3. The van der Waals surface area contributed by atoms with E-state index in [9.17, 15) is 18.0 Å². The van der Waals surface area contributed by atoms with Gasteiger partial charge in [0.05, 0.1) is 16.0 Å².